The van der Waals surface area contributed by atoms with Crippen LogP contribution < -0.4 is 5.63 Å². The molecule has 0 aliphatic heterocycles. The second kappa shape index (κ2) is 3.11. The summed E-state index contributed by atoms with van der Waals surface area (Å²) in [6.45, 7) is 0. The number of rotatable bonds is 1. The molecular formula is C8H6ClNO4S. The number of hydrogen-bond acceptors (Lipinski definition) is 4. The largest absolute Gasteiger partial charge is 0.366 e. The van der Waals surface area contributed by atoms with E-state index >= 15 is 0 Å². The first kappa shape index (κ1) is 10.3. The van der Waals surface area contributed by atoms with Crippen LogP contribution in [0.5, 0.6) is 0 Å². The fraction of sp³-hybridized carbons (Fsp3) is 0.125. The van der Waals surface area contributed by atoms with Crippen molar-refractivity contribution in [2.24, 2.45) is 7.05 Å². The molecule has 0 N–H and O–H groups in total. The van der Waals surface area contributed by atoms with Gasteiger partial charge in [-0.1, -0.05) is 6.07 Å². The van der Waals surface area contributed by atoms with Crippen molar-refractivity contribution in [3.8, 4) is 0 Å². The second-order valence-electron chi connectivity index (χ2n) is 2.96. The van der Waals surface area contributed by atoms with E-state index in [0.717, 1.165) is 0 Å². The lowest BCUT2D eigenvalue weighted by molar-refractivity contribution is 0.296. The van der Waals surface area contributed by atoms with Crippen LogP contribution in [0.4, 0.5) is 0 Å². The van der Waals surface area contributed by atoms with Crippen molar-refractivity contribution in [2.75, 3.05) is 0 Å². The molecule has 0 spiro atoms. The fourth-order valence-corrected chi connectivity index (χ4v) is 2.47. The maximum atomic E-state index is 11.4. The molecule has 0 aliphatic carbocycles. The summed E-state index contributed by atoms with van der Waals surface area (Å²) in [7, 11) is 2.77. The van der Waals surface area contributed by atoms with Gasteiger partial charge in [-0.3, -0.25) is 0 Å². The Morgan fingerprint density at radius 3 is 2.67 bits per heavy atom. The van der Waals surface area contributed by atoms with Crippen molar-refractivity contribution in [3.05, 3.63) is 28.6 Å². The molecule has 0 unspecified atom stereocenters. The van der Waals surface area contributed by atoms with Crippen LogP contribution >= 0.6 is 10.7 Å². The summed E-state index contributed by atoms with van der Waals surface area (Å²) in [5.74, 6) is 0. The van der Waals surface area contributed by atoms with Gasteiger partial charge in [0, 0.05) is 17.7 Å². The molecule has 1 aromatic carbocycles. The van der Waals surface area contributed by atoms with Crippen LogP contribution in [0.3, 0.4) is 0 Å². The number of halogens is 1. The Labute approximate surface area is 89.2 Å². The Bertz CT molecular complexity index is 682. The van der Waals surface area contributed by atoms with Gasteiger partial charge in [0.25, 0.3) is 9.05 Å². The molecule has 5 nitrogen and oxygen atoms in total. The molecule has 7 heteroatoms. The zero-order valence-electron chi connectivity index (χ0n) is 7.60. The molecular weight excluding hydrogens is 242 g/mol. The van der Waals surface area contributed by atoms with Gasteiger partial charge in [0.05, 0.1) is 10.4 Å². The number of hydrogen-bond donors (Lipinski definition) is 0. The summed E-state index contributed by atoms with van der Waals surface area (Å²) < 4.78 is 28.3. The van der Waals surface area contributed by atoms with Crippen LogP contribution in [-0.4, -0.2) is 13.2 Å². The second-order valence-corrected chi connectivity index (χ2v) is 5.50. The smallest absolute Gasteiger partial charge is 0.335 e. The molecule has 1 aromatic heterocycles. The van der Waals surface area contributed by atoms with Gasteiger partial charge in [-0.15, -0.1) is 0 Å². The summed E-state index contributed by atoms with van der Waals surface area (Å²) >= 11 is 0. The van der Waals surface area contributed by atoms with Gasteiger partial charge < -0.3 is 4.52 Å². The van der Waals surface area contributed by atoms with E-state index in [4.69, 9.17) is 15.2 Å². The van der Waals surface area contributed by atoms with E-state index in [1.165, 1.54) is 23.9 Å². The molecule has 0 bridgehead atoms. The molecule has 0 saturated carbocycles. The molecule has 80 valence electrons. The predicted molar refractivity (Wildman–Crippen MR) is 54.5 cm³/mol. The average molecular weight is 248 g/mol. The number of fused-ring (bicyclic) bond motifs is 1. The highest BCUT2D eigenvalue weighted by Gasteiger charge is 2.19. The van der Waals surface area contributed by atoms with Crippen molar-refractivity contribution in [3.63, 3.8) is 0 Å². The van der Waals surface area contributed by atoms with Gasteiger partial charge in [-0.05, 0) is 12.1 Å². The lowest BCUT2D eigenvalue weighted by atomic mass is 10.2. The SMILES string of the molecule is Cn1oc(=O)c2c(S(=O)(=O)Cl)cccc21. The minimum atomic E-state index is -3.94. The van der Waals surface area contributed by atoms with Crippen molar-refractivity contribution in [1.82, 2.24) is 4.74 Å². The zero-order valence-corrected chi connectivity index (χ0v) is 9.17. The van der Waals surface area contributed by atoms with Gasteiger partial charge in [-0.2, -0.15) is 0 Å². The Balaban J connectivity index is 3.07. The summed E-state index contributed by atoms with van der Waals surface area (Å²) in [5, 5.41) is -0.0185. The first-order valence-electron chi connectivity index (χ1n) is 3.95. The molecule has 0 amide bonds. The van der Waals surface area contributed by atoms with Crippen LogP contribution in [0.15, 0.2) is 32.4 Å². The minimum Gasteiger partial charge on any atom is -0.335 e. The lowest BCUT2D eigenvalue weighted by Gasteiger charge is -1.96. The number of aryl methyl sites for hydroxylation is 1. The van der Waals surface area contributed by atoms with E-state index < -0.39 is 14.7 Å². The van der Waals surface area contributed by atoms with E-state index in [-0.39, 0.29) is 10.3 Å². The Morgan fingerprint density at radius 1 is 1.40 bits per heavy atom. The van der Waals surface area contributed by atoms with E-state index in [9.17, 15) is 13.2 Å². The molecule has 0 atom stereocenters. The van der Waals surface area contributed by atoms with Gasteiger partial charge in [0.15, 0.2) is 0 Å². The third-order valence-corrected chi connectivity index (χ3v) is 3.39. The average Bonchev–Trinajstić information content (AvgIpc) is 2.41. The minimum absolute atomic E-state index is 0.0185. The normalized spacial score (nSPS) is 12.1. The first-order chi connectivity index (χ1) is 6.91. The fourth-order valence-electron chi connectivity index (χ4n) is 1.41. The number of benzene rings is 1. The van der Waals surface area contributed by atoms with E-state index in [1.807, 2.05) is 0 Å². The van der Waals surface area contributed by atoms with Crippen LogP contribution in [0.1, 0.15) is 0 Å². The molecule has 0 radical (unpaired) electrons. The summed E-state index contributed by atoms with van der Waals surface area (Å²) in [6.07, 6.45) is 0. The van der Waals surface area contributed by atoms with E-state index in [2.05, 4.69) is 0 Å². The summed E-state index contributed by atoms with van der Waals surface area (Å²) in [6, 6.07) is 4.33. The van der Waals surface area contributed by atoms with Gasteiger partial charge in [0.1, 0.15) is 5.39 Å². The van der Waals surface area contributed by atoms with Crippen molar-refractivity contribution >= 4 is 30.6 Å². The van der Waals surface area contributed by atoms with Crippen LogP contribution in [0.25, 0.3) is 10.9 Å². The van der Waals surface area contributed by atoms with Crippen LogP contribution in [0.2, 0.25) is 0 Å². The monoisotopic (exact) mass is 247 g/mol. The number of nitrogens with zero attached hydrogens (tertiary/aromatic N) is 1. The van der Waals surface area contributed by atoms with Gasteiger partial charge in [-0.25, -0.2) is 18.0 Å². The van der Waals surface area contributed by atoms with Crippen molar-refractivity contribution in [2.45, 2.75) is 4.90 Å². The lowest BCUT2D eigenvalue weighted by Crippen LogP contribution is -1.99. The maximum Gasteiger partial charge on any atom is 0.366 e. The highest BCUT2D eigenvalue weighted by Crippen LogP contribution is 2.22. The third-order valence-electron chi connectivity index (χ3n) is 2.03. The highest BCUT2D eigenvalue weighted by atomic mass is 35.7. The van der Waals surface area contributed by atoms with E-state index in [1.54, 1.807) is 6.07 Å². The Kier molecular flexibility index (Phi) is 2.13. The first-order valence-corrected chi connectivity index (χ1v) is 6.26. The molecule has 0 fully saturated rings. The zero-order chi connectivity index (χ0) is 11.2. The Hall–Kier alpha value is -1.27. The van der Waals surface area contributed by atoms with E-state index in [0.29, 0.717) is 5.52 Å². The highest BCUT2D eigenvalue weighted by molar-refractivity contribution is 8.14. The van der Waals surface area contributed by atoms with Gasteiger partial charge >= 0.3 is 5.63 Å². The molecule has 0 aliphatic rings. The number of aromatic nitrogens is 1. The maximum absolute atomic E-state index is 11.4. The standard InChI is InChI=1S/C8H6ClNO4S/c1-10-5-3-2-4-6(15(9,12)13)7(5)8(11)14-10/h2-4H,1H3. The van der Waals surface area contributed by atoms with Crippen molar-refractivity contribution < 1.29 is 12.9 Å². The predicted octanol–water partition coefficient (Wildman–Crippen LogP) is 1.06. The summed E-state index contributed by atoms with van der Waals surface area (Å²) in [4.78, 5) is 11.1. The van der Waals surface area contributed by atoms with Crippen molar-refractivity contribution in [1.29, 1.82) is 0 Å². The summed E-state index contributed by atoms with van der Waals surface area (Å²) in [5.41, 5.74) is -0.325. The Morgan fingerprint density at radius 2 is 2.07 bits per heavy atom. The van der Waals surface area contributed by atoms with Crippen LogP contribution in [-0.2, 0) is 16.1 Å². The molecule has 0 saturated heterocycles. The van der Waals surface area contributed by atoms with Gasteiger partial charge in [0.2, 0.25) is 0 Å². The topological polar surface area (TPSA) is 69.3 Å². The van der Waals surface area contributed by atoms with Crippen LogP contribution in [0, 0.1) is 0 Å². The third kappa shape index (κ3) is 1.55. The molecule has 1 heterocycles. The molecule has 2 aromatic rings. The quantitative estimate of drug-likeness (QED) is 0.707. The molecule has 2 rings (SSSR count). The molecule has 15 heavy (non-hydrogen) atoms.